The monoisotopic (exact) mass is 381 g/mol. The van der Waals surface area contributed by atoms with E-state index in [-0.39, 0.29) is 5.78 Å². The zero-order valence-corrected chi connectivity index (χ0v) is 14.8. The van der Waals surface area contributed by atoms with Gasteiger partial charge < -0.3 is 9.64 Å². The summed E-state index contributed by atoms with van der Waals surface area (Å²) in [5.74, 6) is 1.03. The summed E-state index contributed by atoms with van der Waals surface area (Å²) in [6, 6.07) is 18.1. The van der Waals surface area contributed by atoms with Crippen LogP contribution in [-0.2, 0) is 6.54 Å². The summed E-state index contributed by atoms with van der Waals surface area (Å²) in [6.07, 6.45) is 0. The SMILES string of the molecule is CC(=O)c1ccc(N2COc3ccc4cc(Br)ccc4c3C2)cc1. The Hall–Kier alpha value is -2.33. The number of fused-ring (bicyclic) bond motifs is 3. The fourth-order valence-electron chi connectivity index (χ4n) is 3.10. The van der Waals surface area contributed by atoms with Crippen molar-refractivity contribution in [1.82, 2.24) is 0 Å². The maximum atomic E-state index is 11.4. The van der Waals surface area contributed by atoms with E-state index in [1.54, 1.807) is 6.92 Å². The van der Waals surface area contributed by atoms with Crippen LogP contribution >= 0.6 is 15.9 Å². The van der Waals surface area contributed by atoms with Crippen molar-refractivity contribution in [3.05, 3.63) is 70.2 Å². The van der Waals surface area contributed by atoms with E-state index < -0.39 is 0 Å². The van der Waals surface area contributed by atoms with Crippen molar-refractivity contribution in [3.8, 4) is 5.75 Å². The van der Waals surface area contributed by atoms with E-state index in [2.05, 4.69) is 45.1 Å². The van der Waals surface area contributed by atoms with Gasteiger partial charge in [-0.05, 0) is 60.2 Å². The molecule has 0 fully saturated rings. The Morgan fingerprint density at radius 2 is 1.88 bits per heavy atom. The van der Waals surface area contributed by atoms with E-state index >= 15 is 0 Å². The van der Waals surface area contributed by atoms with Gasteiger partial charge in [0.25, 0.3) is 0 Å². The van der Waals surface area contributed by atoms with Crippen LogP contribution in [0, 0.1) is 0 Å². The molecule has 3 aromatic carbocycles. The molecule has 3 aromatic rings. The number of ketones is 1. The molecule has 1 heterocycles. The van der Waals surface area contributed by atoms with Crippen molar-refractivity contribution in [2.45, 2.75) is 13.5 Å². The van der Waals surface area contributed by atoms with Gasteiger partial charge in [0.2, 0.25) is 0 Å². The van der Waals surface area contributed by atoms with Gasteiger partial charge in [-0.3, -0.25) is 4.79 Å². The maximum Gasteiger partial charge on any atom is 0.161 e. The third-order valence-electron chi connectivity index (χ3n) is 4.41. The standard InChI is InChI=1S/C20H16BrNO2/c1-13(23)14-2-6-17(7-3-14)22-11-19-18-8-5-16(21)10-15(18)4-9-20(19)24-12-22/h2-10H,11-12H2,1H3. The summed E-state index contributed by atoms with van der Waals surface area (Å²) in [6.45, 7) is 2.88. The van der Waals surface area contributed by atoms with E-state index in [9.17, 15) is 4.79 Å². The molecule has 3 nitrogen and oxygen atoms in total. The van der Waals surface area contributed by atoms with E-state index in [0.29, 0.717) is 6.73 Å². The quantitative estimate of drug-likeness (QED) is 0.574. The Balaban J connectivity index is 1.71. The van der Waals surface area contributed by atoms with E-state index in [4.69, 9.17) is 4.74 Å². The molecule has 1 aliphatic rings. The molecule has 120 valence electrons. The summed E-state index contributed by atoms with van der Waals surface area (Å²) in [5, 5.41) is 2.40. The number of anilines is 1. The molecule has 0 N–H and O–H groups in total. The smallest absolute Gasteiger partial charge is 0.161 e. The molecule has 0 spiro atoms. The summed E-state index contributed by atoms with van der Waals surface area (Å²) in [7, 11) is 0. The molecule has 1 aliphatic heterocycles. The number of rotatable bonds is 2. The van der Waals surface area contributed by atoms with Crippen molar-refractivity contribution in [2.24, 2.45) is 0 Å². The van der Waals surface area contributed by atoms with Gasteiger partial charge in [0.1, 0.15) is 5.75 Å². The number of hydrogen-bond acceptors (Lipinski definition) is 3. The maximum absolute atomic E-state index is 11.4. The van der Waals surface area contributed by atoms with Gasteiger partial charge in [0.05, 0.1) is 6.54 Å². The molecule has 0 saturated carbocycles. The van der Waals surface area contributed by atoms with Crippen LogP contribution in [0.4, 0.5) is 5.69 Å². The summed E-state index contributed by atoms with van der Waals surface area (Å²) >= 11 is 3.53. The number of ether oxygens (including phenoxy) is 1. The number of Topliss-reactive ketones (excluding diaryl/α,β-unsaturated/α-hetero) is 1. The number of hydrogen-bond donors (Lipinski definition) is 0. The lowest BCUT2D eigenvalue weighted by Crippen LogP contribution is -2.31. The molecule has 0 saturated heterocycles. The van der Waals surface area contributed by atoms with Crippen LogP contribution in [0.1, 0.15) is 22.8 Å². The molecule has 0 unspecified atom stereocenters. The number of nitrogens with zero attached hydrogens (tertiary/aromatic N) is 1. The van der Waals surface area contributed by atoms with Gasteiger partial charge in [-0.1, -0.05) is 28.1 Å². The average molecular weight is 382 g/mol. The second kappa shape index (κ2) is 5.95. The lowest BCUT2D eigenvalue weighted by Gasteiger charge is -2.31. The molecule has 24 heavy (non-hydrogen) atoms. The van der Waals surface area contributed by atoms with Crippen LogP contribution in [0.3, 0.4) is 0 Å². The van der Waals surface area contributed by atoms with Gasteiger partial charge in [0.15, 0.2) is 12.5 Å². The number of carbonyl (C=O) groups is 1. The number of halogens is 1. The predicted octanol–water partition coefficient (Wildman–Crippen LogP) is 5.16. The van der Waals surface area contributed by atoms with Gasteiger partial charge in [-0.2, -0.15) is 0 Å². The van der Waals surface area contributed by atoms with Crippen molar-refractivity contribution in [3.63, 3.8) is 0 Å². The highest BCUT2D eigenvalue weighted by atomic mass is 79.9. The Morgan fingerprint density at radius 3 is 2.62 bits per heavy atom. The minimum atomic E-state index is 0.0818. The Bertz CT molecular complexity index is 934. The predicted molar refractivity (Wildman–Crippen MR) is 99.8 cm³/mol. The third-order valence-corrected chi connectivity index (χ3v) is 4.91. The highest BCUT2D eigenvalue weighted by molar-refractivity contribution is 9.10. The molecule has 0 aromatic heterocycles. The van der Waals surface area contributed by atoms with Crippen molar-refractivity contribution in [2.75, 3.05) is 11.6 Å². The zero-order chi connectivity index (χ0) is 16.7. The Labute approximate surface area is 149 Å². The zero-order valence-electron chi connectivity index (χ0n) is 13.3. The second-order valence-corrected chi connectivity index (χ2v) is 6.90. The van der Waals surface area contributed by atoms with E-state index in [1.807, 2.05) is 30.3 Å². The number of carbonyl (C=O) groups excluding carboxylic acids is 1. The van der Waals surface area contributed by atoms with Crippen LogP contribution in [0.15, 0.2) is 59.1 Å². The third kappa shape index (κ3) is 2.67. The highest BCUT2D eigenvalue weighted by Crippen LogP contribution is 2.35. The van der Waals surface area contributed by atoms with Gasteiger partial charge in [-0.15, -0.1) is 0 Å². The minimum absolute atomic E-state index is 0.0818. The van der Waals surface area contributed by atoms with E-state index in [0.717, 1.165) is 28.0 Å². The van der Waals surface area contributed by atoms with Crippen LogP contribution in [-0.4, -0.2) is 12.5 Å². The molecule has 0 aliphatic carbocycles. The summed E-state index contributed by atoms with van der Waals surface area (Å²) < 4.78 is 7.03. The molecular weight excluding hydrogens is 366 g/mol. The first-order chi connectivity index (χ1) is 11.6. The van der Waals surface area contributed by atoms with Crippen molar-refractivity contribution >= 4 is 38.2 Å². The highest BCUT2D eigenvalue weighted by Gasteiger charge is 2.20. The molecule has 4 rings (SSSR count). The molecule has 0 atom stereocenters. The van der Waals surface area contributed by atoms with E-state index in [1.165, 1.54) is 16.3 Å². The van der Waals surface area contributed by atoms with Crippen LogP contribution in [0.2, 0.25) is 0 Å². The van der Waals surface area contributed by atoms with Crippen LogP contribution in [0.5, 0.6) is 5.75 Å². The second-order valence-electron chi connectivity index (χ2n) is 5.98. The lowest BCUT2D eigenvalue weighted by molar-refractivity contribution is 0.101. The fraction of sp³-hybridized carbons (Fsp3) is 0.150. The summed E-state index contributed by atoms with van der Waals surface area (Å²) in [4.78, 5) is 13.6. The normalized spacial score (nSPS) is 13.5. The van der Waals surface area contributed by atoms with Gasteiger partial charge in [-0.25, -0.2) is 0 Å². The molecule has 4 heteroatoms. The molecule has 0 amide bonds. The first-order valence-electron chi connectivity index (χ1n) is 7.82. The molecular formula is C20H16BrNO2. The van der Waals surface area contributed by atoms with Gasteiger partial charge >= 0.3 is 0 Å². The number of benzene rings is 3. The fourth-order valence-corrected chi connectivity index (χ4v) is 3.48. The van der Waals surface area contributed by atoms with Crippen molar-refractivity contribution < 1.29 is 9.53 Å². The Morgan fingerprint density at radius 1 is 1.08 bits per heavy atom. The largest absolute Gasteiger partial charge is 0.473 e. The van der Waals surface area contributed by atoms with Crippen LogP contribution < -0.4 is 9.64 Å². The first-order valence-corrected chi connectivity index (χ1v) is 8.61. The van der Waals surface area contributed by atoms with Crippen molar-refractivity contribution in [1.29, 1.82) is 0 Å². The average Bonchev–Trinajstić information content (AvgIpc) is 2.61. The Kier molecular flexibility index (Phi) is 3.77. The first kappa shape index (κ1) is 15.2. The molecule has 0 radical (unpaired) electrons. The molecule has 0 bridgehead atoms. The van der Waals surface area contributed by atoms with Gasteiger partial charge in [0, 0.05) is 21.3 Å². The van der Waals surface area contributed by atoms with Crippen LogP contribution in [0.25, 0.3) is 10.8 Å². The topological polar surface area (TPSA) is 29.5 Å². The lowest BCUT2D eigenvalue weighted by atomic mass is 10.0. The summed E-state index contributed by atoms with van der Waals surface area (Å²) in [5.41, 5.74) is 2.98. The minimum Gasteiger partial charge on any atom is -0.473 e.